The van der Waals surface area contributed by atoms with Gasteiger partial charge in [-0.3, -0.25) is 9.78 Å². The SMILES string of the molecule is CCNC(=O)CN(C)S(=O)(=O)c1cnccc1Cl. The third-order valence-corrected chi connectivity index (χ3v) is 4.44. The number of sulfonamides is 1. The molecule has 1 rings (SSSR count). The summed E-state index contributed by atoms with van der Waals surface area (Å²) < 4.78 is 25.2. The number of nitrogens with zero attached hydrogens (tertiary/aromatic N) is 2. The molecule has 0 aliphatic carbocycles. The van der Waals surface area contributed by atoms with Crippen molar-refractivity contribution in [3.63, 3.8) is 0 Å². The van der Waals surface area contributed by atoms with Gasteiger partial charge >= 0.3 is 0 Å². The summed E-state index contributed by atoms with van der Waals surface area (Å²) in [4.78, 5) is 15.0. The maximum absolute atomic E-state index is 12.1. The van der Waals surface area contributed by atoms with Crippen molar-refractivity contribution in [3.05, 3.63) is 23.5 Å². The molecule has 0 aliphatic rings. The van der Waals surface area contributed by atoms with E-state index in [9.17, 15) is 13.2 Å². The largest absolute Gasteiger partial charge is 0.355 e. The molecule has 0 spiro atoms. The molecule has 8 heteroatoms. The van der Waals surface area contributed by atoms with Gasteiger partial charge in [0.2, 0.25) is 15.9 Å². The number of rotatable bonds is 5. The molecule has 1 amide bonds. The van der Waals surface area contributed by atoms with Crippen LogP contribution in [0.3, 0.4) is 0 Å². The highest BCUT2D eigenvalue weighted by atomic mass is 35.5. The molecule has 0 saturated heterocycles. The highest BCUT2D eigenvalue weighted by Gasteiger charge is 2.25. The van der Waals surface area contributed by atoms with Crippen LogP contribution >= 0.6 is 11.6 Å². The highest BCUT2D eigenvalue weighted by molar-refractivity contribution is 7.89. The van der Waals surface area contributed by atoms with Crippen molar-refractivity contribution < 1.29 is 13.2 Å². The van der Waals surface area contributed by atoms with E-state index in [1.54, 1.807) is 6.92 Å². The van der Waals surface area contributed by atoms with Crippen LogP contribution in [0.4, 0.5) is 0 Å². The van der Waals surface area contributed by atoms with Gasteiger partial charge in [-0.2, -0.15) is 4.31 Å². The average molecular weight is 292 g/mol. The monoisotopic (exact) mass is 291 g/mol. The molecule has 0 atom stereocenters. The number of nitrogens with one attached hydrogen (secondary N) is 1. The predicted molar refractivity (Wildman–Crippen MR) is 67.7 cm³/mol. The first kappa shape index (κ1) is 14.9. The van der Waals surface area contributed by atoms with Crippen molar-refractivity contribution in [2.75, 3.05) is 20.1 Å². The third kappa shape index (κ3) is 3.41. The predicted octanol–water partition coefficient (Wildman–Crippen LogP) is 0.492. The molecule has 100 valence electrons. The summed E-state index contributed by atoms with van der Waals surface area (Å²) in [5.74, 6) is -0.372. The highest BCUT2D eigenvalue weighted by Crippen LogP contribution is 2.22. The summed E-state index contributed by atoms with van der Waals surface area (Å²) in [5.41, 5.74) is 0. The van der Waals surface area contributed by atoms with Crippen molar-refractivity contribution in [2.24, 2.45) is 0 Å². The lowest BCUT2D eigenvalue weighted by Crippen LogP contribution is -2.38. The fourth-order valence-electron chi connectivity index (χ4n) is 1.26. The zero-order chi connectivity index (χ0) is 13.8. The molecule has 0 radical (unpaired) electrons. The number of carbonyl (C=O) groups is 1. The Morgan fingerprint density at radius 3 is 2.78 bits per heavy atom. The first-order valence-corrected chi connectivity index (χ1v) is 7.04. The van der Waals surface area contributed by atoms with Crippen molar-refractivity contribution in [2.45, 2.75) is 11.8 Å². The standard InChI is InChI=1S/C10H14ClN3O3S/c1-3-13-10(15)7-14(2)18(16,17)9-6-12-5-4-8(9)11/h4-6H,3,7H2,1-2H3,(H,13,15). The van der Waals surface area contributed by atoms with Crippen LogP contribution in [0.15, 0.2) is 23.4 Å². The molecule has 6 nitrogen and oxygen atoms in total. The van der Waals surface area contributed by atoms with E-state index in [-0.39, 0.29) is 22.4 Å². The molecule has 0 aromatic carbocycles. The second-order valence-corrected chi connectivity index (χ2v) is 5.94. The minimum atomic E-state index is -3.80. The fraction of sp³-hybridized carbons (Fsp3) is 0.400. The summed E-state index contributed by atoms with van der Waals surface area (Å²) >= 11 is 5.80. The minimum absolute atomic E-state index is 0.0766. The maximum atomic E-state index is 12.1. The first-order chi connectivity index (χ1) is 8.39. The summed E-state index contributed by atoms with van der Waals surface area (Å²) in [6.07, 6.45) is 2.55. The zero-order valence-electron chi connectivity index (χ0n) is 10.1. The number of amides is 1. The molecular formula is C10H14ClN3O3S. The van der Waals surface area contributed by atoms with E-state index in [4.69, 9.17) is 11.6 Å². The Kier molecular flexibility index (Phi) is 5.06. The van der Waals surface area contributed by atoms with Gasteiger partial charge in [0.25, 0.3) is 0 Å². The molecule has 1 aromatic heterocycles. The summed E-state index contributed by atoms with van der Waals surface area (Å²) in [6, 6.07) is 1.38. The lowest BCUT2D eigenvalue weighted by atomic mass is 10.5. The van der Waals surface area contributed by atoms with E-state index >= 15 is 0 Å². The van der Waals surface area contributed by atoms with Crippen molar-refractivity contribution >= 4 is 27.5 Å². The molecule has 1 heterocycles. The van der Waals surface area contributed by atoms with Crippen molar-refractivity contribution in [1.29, 1.82) is 0 Å². The number of carbonyl (C=O) groups excluding carboxylic acids is 1. The fourth-order valence-corrected chi connectivity index (χ4v) is 2.79. The molecule has 1 aromatic rings. The first-order valence-electron chi connectivity index (χ1n) is 5.22. The lowest BCUT2D eigenvalue weighted by Gasteiger charge is -2.16. The summed E-state index contributed by atoms with van der Waals surface area (Å²) in [6.45, 7) is 1.94. The van der Waals surface area contributed by atoms with Gasteiger partial charge in [0.15, 0.2) is 0 Å². The van der Waals surface area contributed by atoms with Gasteiger partial charge in [0.1, 0.15) is 4.90 Å². The molecule has 0 saturated carbocycles. The minimum Gasteiger partial charge on any atom is -0.355 e. The molecule has 0 bridgehead atoms. The molecular weight excluding hydrogens is 278 g/mol. The van der Waals surface area contributed by atoms with Gasteiger partial charge in [0, 0.05) is 26.0 Å². The van der Waals surface area contributed by atoms with Crippen LogP contribution < -0.4 is 5.32 Å². The van der Waals surface area contributed by atoms with E-state index < -0.39 is 10.0 Å². The van der Waals surface area contributed by atoms with E-state index in [0.29, 0.717) is 6.54 Å². The average Bonchev–Trinajstić information content (AvgIpc) is 2.29. The van der Waals surface area contributed by atoms with Gasteiger partial charge in [-0.1, -0.05) is 11.6 Å². The Morgan fingerprint density at radius 2 is 2.22 bits per heavy atom. The topological polar surface area (TPSA) is 79.4 Å². The normalized spacial score (nSPS) is 11.6. The van der Waals surface area contributed by atoms with E-state index in [0.717, 1.165) is 10.5 Å². The van der Waals surface area contributed by atoms with Crippen LogP contribution in [0.1, 0.15) is 6.92 Å². The Bertz CT molecular complexity index is 533. The molecule has 1 N–H and O–H groups in total. The Morgan fingerprint density at radius 1 is 1.56 bits per heavy atom. The van der Waals surface area contributed by atoms with Crippen molar-refractivity contribution in [1.82, 2.24) is 14.6 Å². The van der Waals surface area contributed by atoms with Crippen LogP contribution in [0.5, 0.6) is 0 Å². The van der Waals surface area contributed by atoms with Gasteiger partial charge in [-0.25, -0.2) is 8.42 Å². The second-order valence-electron chi connectivity index (χ2n) is 3.52. The van der Waals surface area contributed by atoms with E-state index in [2.05, 4.69) is 10.3 Å². The molecule has 0 unspecified atom stereocenters. The van der Waals surface area contributed by atoms with Gasteiger partial charge in [-0.15, -0.1) is 0 Å². The number of pyridine rings is 1. The molecule has 18 heavy (non-hydrogen) atoms. The lowest BCUT2D eigenvalue weighted by molar-refractivity contribution is -0.121. The number of aromatic nitrogens is 1. The van der Waals surface area contributed by atoms with Gasteiger partial charge in [-0.05, 0) is 13.0 Å². The quantitative estimate of drug-likeness (QED) is 0.856. The third-order valence-electron chi connectivity index (χ3n) is 2.16. The van der Waals surface area contributed by atoms with Crippen LogP contribution in [-0.4, -0.2) is 43.8 Å². The number of hydrogen-bond acceptors (Lipinski definition) is 4. The number of halogens is 1. The van der Waals surface area contributed by atoms with E-state index in [1.807, 2.05) is 0 Å². The smallest absolute Gasteiger partial charge is 0.246 e. The van der Waals surface area contributed by atoms with Crippen LogP contribution in [-0.2, 0) is 14.8 Å². The van der Waals surface area contributed by atoms with Crippen LogP contribution in [0.2, 0.25) is 5.02 Å². The Hall–Kier alpha value is -1.18. The molecule has 0 aliphatic heterocycles. The summed E-state index contributed by atoms with van der Waals surface area (Å²) in [5, 5.41) is 2.60. The Labute approximate surface area is 111 Å². The van der Waals surface area contributed by atoms with Gasteiger partial charge in [0.05, 0.1) is 11.6 Å². The number of likely N-dealkylation sites (N-methyl/N-ethyl adjacent to an activating group) is 2. The van der Waals surface area contributed by atoms with Crippen LogP contribution in [0.25, 0.3) is 0 Å². The van der Waals surface area contributed by atoms with Gasteiger partial charge < -0.3 is 5.32 Å². The molecule has 0 fully saturated rings. The van der Waals surface area contributed by atoms with Crippen molar-refractivity contribution in [3.8, 4) is 0 Å². The van der Waals surface area contributed by atoms with Crippen LogP contribution in [0, 0.1) is 0 Å². The number of hydrogen-bond donors (Lipinski definition) is 1. The summed E-state index contributed by atoms with van der Waals surface area (Å²) in [7, 11) is -2.49. The maximum Gasteiger partial charge on any atom is 0.246 e. The second kappa shape index (κ2) is 6.12. The zero-order valence-corrected chi connectivity index (χ0v) is 11.6. The Balaban J connectivity index is 2.94. The van der Waals surface area contributed by atoms with E-state index in [1.165, 1.54) is 19.3 Å².